The molecule has 3 aromatic rings. The molecule has 3 heteroatoms. The van der Waals surface area contributed by atoms with E-state index in [1.54, 1.807) is 19.2 Å². The highest BCUT2D eigenvalue weighted by atomic mass is 16.5. The Bertz CT molecular complexity index is 835. The molecule has 3 rings (SSSR count). The summed E-state index contributed by atoms with van der Waals surface area (Å²) in [6.07, 6.45) is 6.13. The predicted molar refractivity (Wildman–Crippen MR) is 118 cm³/mol. The van der Waals surface area contributed by atoms with Gasteiger partial charge in [0.05, 0.1) is 12.8 Å². The monoisotopic (exact) mass is 365 g/mol. The molecule has 0 saturated heterocycles. The van der Waals surface area contributed by atoms with Gasteiger partial charge in [-0.3, -0.25) is 0 Å². The van der Waals surface area contributed by atoms with Gasteiger partial charge >= 0.3 is 0 Å². The van der Waals surface area contributed by atoms with Crippen molar-refractivity contribution in [3.8, 4) is 11.5 Å². The number of nitrogens with two attached hydrogens (primary N) is 1. The van der Waals surface area contributed by atoms with E-state index in [9.17, 15) is 5.11 Å². The summed E-state index contributed by atoms with van der Waals surface area (Å²) in [7, 11) is 1.70. The maximum absolute atomic E-state index is 9.24. The van der Waals surface area contributed by atoms with E-state index >= 15 is 0 Å². The summed E-state index contributed by atoms with van der Waals surface area (Å²) in [6.45, 7) is 6.30. The number of fused-ring (bicyclic) bond motifs is 1. The molecule has 3 nitrogen and oxygen atoms in total. The number of anilines is 1. The molecule has 0 atom stereocenters. The van der Waals surface area contributed by atoms with Gasteiger partial charge in [0.15, 0.2) is 0 Å². The maximum Gasteiger partial charge on any atom is 0.139 e. The molecule has 27 heavy (non-hydrogen) atoms. The van der Waals surface area contributed by atoms with Crippen LogP contribution in [0, 0.1) is 0 Å². The number of hydrogen-bond acceptors (Lipinski definition) is 3. The minimum absolute atomic E-state index is 0.147. The average molecular weight is 366 g/mol. The van der Waals surface area contributed by atoms with Gasteiger partial charge in [-0.25, -0.2) is 0 Å². The standard InChI is InChI=1S/C11H10O.C10H13NO.C3H8/c1-12-11-8-4-6-9-5-2-3-7-10(9)11;1-2-3-5-8-6-4-7-9(12)10(8)11;1-3-2/h2-8H,1H3;3-7,12H,2,11H2,1H3;3H2,1-2H3/b;5-3-;. The zero-order valence-electron chi connectivity index (χ0n) is 16.8. The van der Waals surface area contributed by atoms with Gasteiger partial charge < -0.3 is 15.6 Å². The molecular formula is C24H31NO2. The van der Waals surface area contributed by atoms with E-state index in [0.717, 1.165) is 17.7 Å². The number of para-hydroxylation sites is 1. The largest absolute Gasteiger partial charge is 0.506 e. The van der Waals surface area contributed by atoms with Crippen LogP contribution < -0.4 is 10.5 Å². The zero-order chi connectivity index (χ0) is 20.1. The third-order valence-corrected chi connectivity index (χ3v) is 3.62. The quantitative estimate of drug-likeness (QED) is 0.403. The van der Waals surface area contributed by atoms with E-state index in [2.05, 4.69) is 39.0 Å². The molecule has 0 bridgehead atoms. The van der Waals surface area contributed by atoms with Crippen LogP contribution in [0.15, 0.2) is 66.7 Å². The van der Waals surface area contributed by atoms with Crippen molar-refractivity contribution >= 4 is 22.5 Å². The van der Waals surface area contributed by atoms with Crippen molar-refractivity contribution in [3.63, 3.8) is 0 Å². The third-order valence-electron chi connectivity index (χ3n) is 3.62. The molecule has 0 spiro atoms. The number of ether oxygens (including phenoxy) is 1. The second-order valence-electron chi connectivity index (χ2n) is 5.98. The lowest BCUT2D eigenvalue weighted by atomic mass is 10.1. The second-order valence-corrected chi connectivity index (χ2v) is 5.98. The molecule has 0 fully saturated rings. The van der Waals surface area contributed by atoms with Crippen molar-refractivity contribution in [1.29, 1.82) is 0 Å². The van der Waals surface area contributed by atoms with Crippen LogP contribution in [0.3, 0.4) is 0 Å². The van der Waals surface area contributed by atoms with E-state index in [1.165, 1.54) is 17.2 Å². The van der Waals surface area contributed by atoms with E-state index in [-0.39, 0.29) is 5.75 Å². The highest BCUT2D eigenvalue weighted by Crippen LogP contribution is 2.25. The topological polar surface area (TPSA) is 55.5 Å². The van der Waals surface area contributed by atoms with E-state index in [4.69, 9.17) is 10.5 Å². The molecule has 0 aliphatic carbocycles. The van der Waals surface area contributed by atoms with E-state index in [1.807, 2.05) is 42.5 Å². The number of nitrogen functional groups attached to an aromatic ring is 1. The van der Waals surface area contributed by atoms with Crippen LogP contribution in [-0.2, 0) is 0 Å². The summed E-state index contributed by atoms with van der Waals surface area (Å²) in [4.78, 5) is 0. The lowest BCUT2D eigenvalue weighted by Crippen LogP contribution is -1.88. The maximum atomic E-state index is 9.24. The van der Waals surface area contributed by atoms with Crippen LogP contribution in [0.5, 0.6) is 11.5 Å². The number of hydrogen-bond donors (Lipinski definition) is 2. The smallest absolute Gasteiger partial charge is 0.139 e. The minimum atomic E-state index is 0.147. The van der Waals surface area contributed by atoms with Crippen LogP contribution in [0.25, 0.3) is 16.8 Å². The fraction of sp³-hybridized carbons (Fsp3) is 0.250. The fourth-order valence-corrected chi connectivity index (χ4v) is 2.33. The molecule has 0 aromatic heterocycles. The van der Waals surface area contributed by atoms with Crippen molar-refractivity contribution in [2.45, 2.75) is 33.6 Å². The Labute approximate surface area is 163 Å². The van der Waals surface area contributed by atoms with Crippen LogP contribution in [-0.4, -0.2) is 12.2 Å². The third kappa shape index (κ3) is 7.06. The number of benzene rings is 3. The van der Waals surface area contributed by atoms with Crippen LogP contribution in [0.1, 0.15) is 39.2 Å². The van der Waals surface area contributed by atoms with Crippen LogP contribution >= 0.6 is 0 Å². The Kier molecular flexibility index (Phi) is 10.2. The summed E-state index contributed by atoms with van der Waals surface area (Å²) in [6, 6.07) is 19.5. The van der Waals surface area contributed by atoms with Gasteiger partial charge in [0.1, 0.15) is 11.5 Å². The van der Waals surface area contributed by atoms with Crippen molar-refractivity contribution in [3.05, 3.63) is 72.3 Å². The van der Waals surface area contributed by atoms with Crippen molar-refractivity contribution in [1.82, 2.24) is 0 Å². The number of phenols is 1. The lowest BCUT2D eigenvalue weighted by molar-refractivity contribution is 0.420. The van der Waals surface area contributed by atoms with Gasteiger partial charge in [-0.2, -0.15) is 0 Å². The fourth-order valence-electron chi connectivity index (χ4n) is 2.33. The van der Waals surface area contributed by atoms with Crippen molar-refractivity contribution in [2.24, 2.45) is 0 Å². The van der Waals surface area contributed by atoms with Gasteiger partial charge in [-0.15, -0.1) is 0 Å². The highest BCUT2D eigenvalue weighted by molar-refractivity contribution is 5.88. The first kappa shape index (κ1) is 22.1. The van der Waals surface area contributed by atoms with Crippen LogP contribution in [0.4, 0.5) is 5.69 Å². The number of methoxy groups -OCH3 is 1. The lowest BCUT2D eigenvalue weighted by Gasteiger charge is -2.03. The molecule has 0 aliphatic heterocycles. The van der Waals surface area contributed by atoms with Crippen molar-refractivity contribution < 1.29 is 9.84 Å². The first-order chi connectivity index (χ1) is 13.1. The Morgan fingerprint density at radius 3 is 2.22 bits per heavy atom. The summed E-state index contributed by atoms with van der Waals surface area (Å²) in [5.41, 5.74) is 6.94. The van der Waals surface area contributed by atoms with Gasteiger partial charge in [-0.1, -0.05) is 87.9 Å². The molecule has 0 radical (unpaired) electrons. The van der Waals surface area contributed by atoms with Crippen molar-refractivity contribution in [2.75, 3.05) is 12.8 Å². The predicted octanol–water partition coefficient (Wildman–Crippen LogP) is 6.66. The molecule has 3 aromatic carbocycles. The number of rotatable bonds is 3. The minimum Gasteiger partial charge on any atom is -0.506 e. The molecule has 0 heterocycles. The Morgan fingerprint density at radius 1 is 0.926 bits per heavy atom. The summed E-state index contributed by atoms with van der Waals surface area (Å²) in [5, 5.41) is 11.6. The van der Waals surface area contributed by atoms with Gasteiger partial charge in [-0.05, 0) is 23.9 Å². The summed E-state index contributed by atoms with van der Waals surface area (Å²) < 4.78 is 5.23. The van der Waals surface area contributed by atoms with Gasteiger partial charge in [0.2, 0.25) is 0 Å². The molecule has 3 N–H and O–H groups in total. The SMILES string of the molecule is CC/C=C\c1cccc(O)c1N.CCC.COc1cccc2ccccc12. The van der Waals surface area contributed by atoms with Crippen LogP contribution in [0.2, 0.25) is 0 Å². The average Bonchev–Trinajstić information content (AvgIpc) is 2.70. The summed E-state index contributed by atoms with van der Waals surface area (Å²) >= 11 is 0. The van der Waals surface area contributed by atoms with E-state index < -0.39 is 0 Å². The Balaban J connectivity index is 0.000000236. The molecule has 0 aliphatic rings. The number of allylic oxidation sites excluding steroid dienone is 1. The van der Waals surface area contributed by atoms with Gasteiger partial charge in [0, 0.05) is 10.9 Å². The second kappa shape index (κ2) is 12.4. The number of phenolic OH excluding ortho intramolecular Hbond substituents is 1. The zero-order valence-corrected chi connectivity index (χ0v) is 16.8. The summed E-state index contributed by atoms with van der Waals surface area (Å²) in [5.74, 6) is 1.08. The molecule has 0 saturated carbocycles. The Morgan fingerprint density at radius 2 is 1.56 bits per heavy atom. The first-order valence-corrected chi connectivity index (χ1v) is 9.34. The number of aromatic hydroxyl groups is 1. The van der Waals surface area contributed by atoms with Gasteiger partial charge in [0.25, 0.3) is 0 Å². The normalized spacial score (nSPS) is 9.93. The Hall–Kier alpha value is -2.94. The molecule has 0 unspecified atom stereocenters. The van der Waals surface area contributed by atoms with E-state index in [0.29, 0.717) is 5.69 Å². The highest BCUT2D eigenvalue weighted by Gasteiger charge is 1.98. The molecule has 144 valence electrons. The molecular weight excluding hydrogens is 334 g/mol. The molecule has 0 amide bonds. The first-order valence-electron chi connectivity index (χ1n) is 9.34.